The highest BCUT2D eigenvalue weighted by Crippen LogP contribution is 2.33. The van der Waals surface area contributed by atoms with Crippen LogP contribution in [0.15, 0.2) is 21.2 Å². The van der Waals surface area contributed by atoms with E-state index in [0.717, 1.165) is 19.3 Å². The predicted molar refractivity (Wildman–Crippen MR) is 58.8 cm³/mol. The van der Waals surface area contributed by atoms with E-state index in [4.69, 9.17) is 4.42 Å². The highest BCUT2D eigenvalue weighted by molar-refractivity contribution is 9.10. The van der Waals surface area contributed by atoms with Crippen molar-refractivity contribution in [2.24, 2.45) is 0 Å². The summed E-state index contributed by atoms with van der Waals surface area (Å²) in [5, 5.41) is 10.2. The number of hydrogen-bond donors (Lipinski definition) is 1. The summed E-state index contributed by atoms with van der Waals surface area (Å²) < 4.78 is 5.71. The highest BCUT2D eigenvalue weighted by Gasteiger charge is 2.39. The molecule has 82 valence electrons. The second kappa shape index (κ2) is 4.10. The SMILES string of the molecule is O=C(c1occc1Br)C1(O)CCCCC1. The zero-order valence-electron chi connectivity index (χ0n) is 8.33. The van der Waals surface area contributed by atoms with E-state index in [1.54, 1.807) is 6.07 Å². The summed E-state index contributed by atoms with van der Waals surface area (Å²) in [6.07, 6.45) is 5.43. The number of ketones is 1. The molecule has 0 spiro atoms. The van der Waals surface area contributed by atoms with Gasteiger partial charge in [0.1, 0.15) is 5.60 Å². The first-order chi connectivity index (χ1) is 7.13. The van der Waals surface area contributed by atoms with Crippen molar-refractivity contribution >= 4 is 21.7 Å². The molecule has 0 aliphatic heterocycles. The minimum atomic E-state index is -1.21. The van der Waals surface area contributed by atoms with E-state index in [9.17, 15) is 9.90 Å². The minimum absolute atomic E-state index is 0.236. The summed E-state index contributed by atoms with van der Waals surface area (Å²) in [5.74, 6) is -0.0570. The Kier molecular flexibility index (Phi) is 2.98. The van der Waals surface area contributed by atoms with Gasteiger partial charge < -0.3 is 9.52 Å². The first-order valence-corrected chi connectivity index (χ1v) is 5.93. The lowest BCUT2D eigenvalue weighted by Gasteiger charge is -2.29. The van der Waals surface area contributed by atoms with Crippen molar-refractivity contribution in [2.75, 3.05) is 0 Å². The van der Waals surface area contributed by atoms with Gasteiger partial charge in [0, 0.05) is 0 Å². The normalized spacial score (nSPS) is 20.1. The molecule has 1 aromatic rings. The summed E-state index contributed by atoms with van der Waals surface area (Å²) in [7, 11) is 0. The second-order valence-corrected chi connectivity index (χ2v) is 4.87. The molecule has 1 heterocycles. The van der Waals surface area contributed by atoms with Crippen LogP contribution < -0.4 is 0 Å². The molecule has 3 nitrogen and oxygen atoms in total. The maximum atomic E-state index is 12.0. The molecule has 1 aliphatic rings. The van der Waals surface area contributed by atoms with E-state index in [0.29, 0.717) is 17.3 Å². The fourth-order valence-electron chi connectivity index (χ4n) is 2.03. The molecule has 4 heteroatoms. The molecule has 0 aromatic carbocycles. The molecule has 0 amide bonds. The van der Waals surface area contributed by atoms with Crippen LogP contribution in [0.5, 0.6) is 0 Å². The summed E-state index contributed by atoms with van der Waals surface area (Å²) in [6, 6.07) is 1.67. The molecule has 1 saturated carbocycles. The van der Waals surface area contributed by atoms with Crippen LogP contribution >= 0.6 is 15.9 Å². The van der Waals surface area contributed by atoms with Gasteiger partial charge in [-0.15, -0.1) is 0 Å². The molecular formula is C11H13BrO3. The van der Waals surface area contributed by atoms with E-state index < -0.39 is 5.60 Å². The zero-order chi connectivity index (χ0) is 10.9. The van der Waals surface area contributed by atoms with Crippen molar-refractivity contribution in [2.45, 2.75) is 37.7 Å². The fourth-order valence-corrected chi connectivity index (χ4v) is 2.41. The van der Waals surface area contributed by atoms with Gasteiger partial charge in [-0.1, -0.05) is 19.3 Å². The van der Waals surface area contributed by atoms with Crippen LogP contribution in [0, 0.1) is 0 Å². The lowest BCUT2D eigenvalue weighted by molar-refractivity contribution is 0.00918. The third-order valence-electron chi connectivity index (χ3n) is 2.93. The fraction of sp³-hybridized carbons (Fsp3) is 0.545. The van der Waals surface area contributed by atoms with Crippen LogP contribution in [-0.2, 0) is 0 Å². The average Bonchev–Trinajstić information content (AvgIpc) is 2.64. The summed E-state index contributed by atoms with van der Waals surface area (Å²) in [6.45, 7) is 0. The number of furan rings is 1. The number of carbonyl (C=O) groups excluding carboxylic acids is 1. The summed E-state index contributed by atoms with van der Waals surface area (Å²) in [4.78, 5) is 12.0. The molecule has 0 bridgehead atoms. The topological polar surface area (TPSA) is 50.4 Å². The maximum absolute atomic E-state index is 12.0. The van der Waals surface area contributed by atoms with Crippen LogP contribution in [0.1, 0.15) is 42.7 Å². The number of aliphatic hydroxyl groups is 1. The van der Waals surface area contributed by atoms with Crippen LogP contribution in [0.3, 0.4) is 0 Å². The van der Waals surface area contributed by atoms with Crippen molar-refractivity contribution in [3.05, 3.63) is 22.6 Å². The molecule has 0 atom stereocenters. The molecule has 1 N–H and O–H groups in total. The molecule has 2 rings (SSSR count). The molecule has 0 radical (unpaired) electrons. The minimum Gasteiger partial charge on any atom is -0.460 e. The first-order valence-electron chi connectivity index (χ1n) is 5.14. The molecule has 15 heavy (non-hydrogen) atoms. The van der Waals surface area contributed by atoms with Gasteiger partial charge in [0.25, 0.3) is 0 Å². The maximum Gasteiger partial charge on any atom is 0.230 e. The Morgan fingerprint density at radius 1 is 1.40 bits per heavy atom. The van der Waals surface area contributed by atoms with E-state index in [-0.39, 0.29) is 11.5 Å². The third-order valence-corrected chi connectivity index (χ3v) is 3.55. The van der Waals surface area contributed by atoms with Crippen LogP contribution in [-0.4, -0.2) is 16.5 Å². The molecule has 0 unspecified atom stereocenters. The first kappa shape index (κ1) is 10.9. The van der Waals surface area contributed by atoms with Gasteiger partial charge in [-0.25, -0.2) is 0 Å². The quantitative estimate of drug-likeness (QED) is 0.843. The Morgan fingerprint density at radius 2 is 2.07 bits per heavy atom. The zero-order valence-corrected chi connectivity index (χ0v) is 9.92. The van der Waals surface area contributed by atoms with Gasteiger partial charge in [-0.3, -0.25) is 4.79 Å². The van der Waals surface area contributed by atoms with Crippen molar-refractivity contribution in [1.82, 2.24) is 0 Å². The number of Topliss-reactive ketones (excluding diaryl/α,β-unsaturated/α-hetero) is 1. The smallest absolute Gasteiger partial charge is 0.230 e. The van der Waals surface area contributed by atoms with Crippen molar-refractivity contribution in [3.63, 3.8) is 0 Å². The van der Waals surface area contributed by atoms with E-state index in [2.05, 4.69) is 15.9 Å². The lowest BCUT2D eigenvalue weighted by atomic mass is 9.81. The average molecular weight is 273 g/mol. The Hall–Kier alpha value is -0.610. The Morgan fingerprint density at radius 3 is 2.60 bits per heavy atom. The largest absolute Gasteiger partial charge is 0.460 e. The van der Waals surface area contributed by atoms with Crippen LogP contribution in [0.4, 0.5) is 0 Å². The van der Waals surface area contributed by atoms with Crippen molar-refractivity contribution in [3.8, 4) is 0 Å². The molecular weight excluding hydrogens is 260 g/mol. The van der Waals surface area contributed by atoms with Gasteiger partial charge >= 0.3 is 0 Å². The van der Waals surface area contributed by atoms with Gasteiger partial charge in [0.2, 0.25) is 5.78 Å². The molecule has 1 aliphatic carbocycles. The van der Waals surface area contributed by atoms with Gasteiger partial charge in [0.05, 0.1) is 10.7 Å². The number of halogens is 1. The van der Waals surface area contributed by atoms with Crippen molar-refractivity contribution in [1.29, 1.82) is 0 Å². The number of rotatable bonds is 2. The van der Waals surface area contributed by atoms with E-state index >= 15 is 0 Å². The predicted octanol–water partition coefficient (Wildman–Crippen LogP) is 2.92. The molecule has 1 aromatic heterocycles. The standard InChI is InChI=1S/C11H13BrO3/c12-8-4-7-15-9(8)10(13)11(14)5-2-1-3-6-11/h4,7,14H,1-3,5-6H2. The summed E-state index contributed by atoms with van der Waals surface area (Å²) >= 11 is 3.23. The summed E-state index contributed by atoms with van der Waals surface area (Å²) in [5.41, 5.74) is -1.21. The third kappa shape index (κ3) is 2.01. The molecule has 0 saturated heterocycles. The van der Waals surface area contributed by atoms with Crippen LogP contribution in [0.2, 0.25) is 0 Å². The second-order valence-electron chi connectivity index (χ2n) is 4.02. The Bertz CT molecular complexity index is 364. The van der Waals surface area contributed by atoms with Gasteiger partial charge in [0.15, 0.2) is 5.76 Å². The van der Waals surface area contributed by atoms with Gasteiger partial charge in [-0.2, -0.15) is 0 Å². The van der Waals surface area contributed by atoms with Gasteiger partial charge in [-0.05, 0) is 34.8 Å². The van der Waals surface area contributed by atoms with E-state index in [1.165, 1.54) is 6.26 Å². The molecule has 1 fully saturated rings. The van der Waals surface area contributed by atoms with Crippen LogP contribution in [0.25, 0.3) is 0 Å². The number of carbonyl (C=O) groups is 1. The van der Waals surface area contributed by atoms with E-state index in [1.807, 2.05) is 0 Å². The monoisotopic (exact) mass is 272 g/mol. The highest BCUT2D eigenvalue weighted by atomic mass is 79.9. The van der Waals surface area contributed by atoms with Crippen molar-refractivity contribution < 1.29 is 14.3 Å². The Balaban J connectivity index is 2.23. The lowest BCUT2D eigenvalue weighted by Crippen LogP contribution is -2.40. The Labute approximate surface area is 96.6 Å². The number of hydrogen-bond acceptors (Lipinski definition) is 3.